The number of carbonyl (C=O) groups is 2. The first-order valence-corrected chi connectivity index (χ1v) is 10.1. The Labute approximate surface area is 180 Å². The van der Waals surface area contributed by atoms with Gasteiger partial charge in [-0.3, -0.25) is 14.3 Å². The molecule has 2 amide bonds. The number of nitrogens with one attached hydrogen (secondary N) is 3. The third-order valence-corrected chi connectivity index (χ3v) is 5.41. The number of amides is 2. The summed E-state index contributed by atoms with van der Waals surface area (Å²) in [6, 6.07) is 2.82. The lowest BCUT2D eigenvalue weighted by atomic mass is 9.88. The highest BCUT2D eigenvalue weighted by Gasteiger charge is 2.41. The zero-order chi connectivity index (χ0) is 22.6. The highest BCUT2D eigenvalue weighted by molar-refractivity contribution is 6.30. The molecule has 172 valence electrons. The molecule has 0 bridgehead atoms. The molecule has 7 nitrogen and oxygen atoms in total. The maximum absolute atomic E-state index is 13.4. The minimum Gasteiger partial charge on any atom is -0.484 e. The molecule has 0 unspecified atom stereocenters. The molecular formula is C19H22ClF4N3O4. The van der Waals surface area contributed by atoms with Crippen LogP contribution in [0.25, 0.3) is 0 Å². The van der Waals surface area contributed by atoms with E-state index in [1.54, 1.807) is 0 Å². The van der Waals surface area contributed by atoms with Crippen molar-refractivity contribution in [3.05, 3.63) is 29.0 Å². The zero-order valence-corrected chi connectivity index (χ0v) is 17.1. The van der Waals surface area contributed by atoms with Gasteiger partial charge in [-0.2, -0.15) is 0 Å². The van der Waals surface area contributed by atoms with Crippen LogP contribution in [0.5, 0.6) is 5.75 Å². The van der Waals surface area contributed by atoms with Crippen molar-refractivity contribution in [2.24, 2.45) is 0 Å². The summed E-state index contributed by atoms with van der Waals surface area (Å²) in [6.45, 7) is 0.0498. The maximum Gasteiger partial charge on any atom is 0.522 e. The lowest BCUT2D eigenvalue weighted by molar-refractivity contribution is -0.351. The summed E-state index contributed by atoms with van der Waals surface area (Å²) in [5.41, 5.74) is 0. The lowest BCUT2D eigenvalue weighted by Crippen LogP contribution is -2.58. The molecule has 1 heterocycles. The van der Waals surface area contributed by atoms with Crippen LogP contribution >= 0.6 is 11.6 Å². The molecule has 0 aromatic heterocycles. The molecule has 0 radical (unpaired) electrons. The van der Waals surface area contributed by atoms with Gasteiger partial charge in [0.15, 0.2) is 6.61 Å². The molecule has 0 spiro atoms. The molecule has 1 saturated carbocycles. The van der Waals surface area contributed by atoms with Crippen LogP contribution in [0.3, 0.4) is 0 Å². The minimum absolute atomic E-state index is 0.0459. The summed E-state index contributed by atoms with van der Waals surface area (Å²) in [7, 11) is 0. The van der Waals surface area contributed by atoms with Gasteiger partial charge in [-0.1, -0.05) is 11.6 Å². The Hall–Kier alpha value is -2.11. The second-order valence-electron chi connectivity index (χ2n) is 7.53. The van der Waals surface area contributed by atoms with E-state index in [1.165, 1.54) is 12.1 Å². The van der Waals surface area contributed by atoms with Crippen LogP contribution in [0.4, 0.5) is 17.6 Å². The van der Waals surface area contributed by atoms with E-state index in [9.17, 15) is 27.2 Å². The molecule has 1 aromatic rings. The topological polar surface area (TPSA) is 88.7 Å². The van der Waals surface area contributed by atoms with E-state index in [2.05, 4.69) is 20.7 Å². The first-order valence-electron chi connectivity index (χ1n) is 9.74. The molecule has 1 aromatic carbocycles. The van der Waals surface area contributed by atoms with E-state index in [0.717, 1.165) is 6.07 Å². The van der Waals surface area contributed by atoms with Crippen molar-refractivity contribution in [1.82, 2.24) is 16.0 Å². The number of alkyl halides is 3. The summed E-state index contributed by atoms with van der Waals surface area (Å²) in [5, 5.41) is 8.45. The first kappa shape index (κ1) is 23.6. The average molecular weight is 468 g/mol. The molecule has 2 atom stereocenters. The average Bonchev–Trinajstić information content (AvgIpc) is 2.66. The molecular weight excluding hydrogens is 446 g/mol. The number of carbonyl (C=O) groups excluding carboxylic acids is 2. The zero-order valence-electron chi connectivity index (χ0n) is 16.3. The monoisotopic (exact) mass is 467 g/mol. The van der Waals surface area contributed by atoms with Gasteiger partial charge < -0.3 is 20.7 Å². The van der Waals surface area contributed by atoms with E-state index >= 15 is 0 Å². The van der Waals surface area contributed by atoms with Crippen molar-refractivity contribution in [3.8, 4) is 5.75 Å². The Kier molecular flexibility index (Phi) is 7.60. The van der Waals surface area contributed by atoms with Crippen LogP contribution in [0.2, 0.25) is 5.02 Å². The quantitative estimate of drug-likeness (QED) is 0.535. The van der Waals surface area contributed by atoms with Crippen molar-refractivity contribution in [2.75, 3.05) is 13.2 Å². The van der Waals surface area contributed by atoms with Gasteiger partial charge in [0.2, 0.25) is 5.91 Å². The molecule has 1 aliphatic heterocycles. The third-order valence-electron chi connectivity index (χ3n) is 5.10. The summed E-state index contributed by atoms with van der Waals surface area (Å²) >= 11 is 5.58. The van der Waals surface area contributed by atoms with Gasteiger partial charge in [-0.15, -0.1) is 13.2 Å². The fourth-order valence-electron chi connectivity index (χ4n) is 3.46. The van der Waals surface area contributed by atoms with Crippen LogP contribution in [-0.4, -0.2) is 55.6 Å². The van der Waals surface area contributed by atoms with Gasteiger partial charge in [-0.05, 0) is 37.8 Å². The first-order chi connectivity index (χ1) is 14.6. The van der Waals surface area contributed by atoms with Gasteiger partial charge >= 0.3 is 6.36 Å². The second-order valence-corrected chi connectivity index (χ2v) is 7.94. The smallest absolute Gasteiger partial charge is 0.484 e. The van der Waals surface area contributed by atoms with Crippen LogP contribution < -0.4 is 20.7 Å². The van der Waals surface area contributed by atoms with Gasteiger partial charge in [0.25, 0.3) is 5.91 Å². The van der Waals surface area contributed by atoms with Crippen LogP contribution in [0, 0.1) is 5.82 Å². The highest BCUT2D eigenvalue weighted by atomic mass is 35.5. The Morgan fingerprint density at radius 2 is 1.90 bits per heavy atom. The summed E-state index contributed by atoms with van der Waals surface area (Å²) in [5.74, 6) is -1.15. The van der Waals surface area contributed by atoms with Gasteiger partial charge in [0.05, 0.1) is 17.2 Å². The molecule has 1 aliphatic carbocycles. The molecule has 2 aliphatic rings. The predicted molar refractivity (Wildman–Crippen MR) is 102 cm³/mol. The largest absolute Gasteiger partial charge is 0.522 e. The van der Waals surface area contributed by atoms with Gasteiger partial charge in [0.1, 0.15) is 11.6 Å². The fourth-order valence-corrected chi connectivity index (χ4v) is 3.58. The molecule has 31 heavy (non-hydrogen) atoms. The van der Waals surface area contributed by atoms with Gasteiger partial charge in [0, 0.05) is 24.7 Å². The Morgan fingerprint density at radius 3 is 2.52 bits per heavy atom. The highest BCUT2D eigenvalue weighted by Crippen LogP contribution is 2.30. The van der Waals surface area contributed by atoms with Crippen LogP contribution in [0.1, 0.15) is 25.7 Å². The number of halogens is 5. The molecule has 12 heteroatoms. The summed E-state index contributed by atoms with van der Waals surface area (Å²) < 4.78 is 58.9. The van der Waals surface area contributed by atoms with Crippen molar-refractivity contribution in [1.29, 1.82) is 0 Å². The Balaban J connectivity index is 1.31. The normalized spacial score (nSPS) is 26.0. The van der Waals surface area contributed by atoms with E-state index in [4.69, 9.17) is 16.3 Å². The third kappa shape index (κ3) is 7.22. The fraction of sp³-hybridized carbons (Fsp3) is 0.579. The number of piperidine rings is 1. The minimum atomic E-state index is -4.67. The molecule has 3 N–H and O–H groups in total. The predicted octanol–water partition coefficient (Wildman–Crippen LogP) is 2.28. The number of benzene rings is 1. The van der Waals surface area contributed by atoms with E-state index < -0.39 is 30.2 Å². The molecule has 3 rings (SSSR count). The van der Waals surface area contributed by atoms with Crippen molar-refractivity contribution in [3.63, 3.8) is 0 Å². The number of hydrogen-bond acceptors (Lipinski definition) is 5. The standard InChI is InChI=1S/C19H22ClF4N3O4/c20-14-3-2-12(7-15(14)21)30-9-17(28)26-10-1-4-16(25-8-10)18(29)27-11-5-13(6-11)31-19(22,23)24/h2-3,7,10-11,13,16,25H,1,4-6,8-9H2,(H,26,28)(H,27,29)/t10-,11?,13?,16+/m0/s1. The van der Waals surface area contributed by atoms with Crippen LogP contribution in [0.15, 0.2) is 18.2 Å². The maximum atomic E-state index is 13.4. The second kappa shape index (κ2) is 10.0. The SMILES string of the molecule is O=C(COc1ccc(Cl)c(F)c1)N[C@H]1CC[C@H](C(=O)NC2CC(OC(F)(F)F)C2)NC1. The number of hydrogen-bond donors (Lipinski definition) is 3. The van der Waals surface area contributed by atoms with Crippen molar-refractivity contribution < 1.29 is 36.6 Å². The van der Waals surface area contributed by atoms with Crippen molar-refractivity contribution >= 4 is 23.4 Å². The van der Waals surface area contributed by atoms with E-state index in [-0.39, 0.29) is 48.2 Å². The Morgan fingerprint density at radius 1 is 1.16 bits per heavy atom. The number of ether oxygens (including phenoxy) is 2. The summed E-state index contributed by atoms with van der Waals surface area (Å²) in [4.78, 5) is 24.3. The summed E-state index contributed by atoms with van der Waals surface area (Å²) in [6.07, 6.45) is -4.36. The molecule has 2 fully saturated rings. The van der Waals surface area contributed by atoms with Crippen LogP contribution in [-0.2, 0) is 14.3 Å². The van der Waals surface area contributed by atoms with Crippen molar-refractivity contribution in [2.45, 2.75) is 56.3 Å². The van der Waals surface area contributed by atoms with E-state index in [1.807, 2.05) is 0 Å². The molecule has 1 saturated heterocycles. The lowest BCUT2D eigenvalue weighted by Gasteiger charge is -2.37. The van der Waals surface area contributed by atoms with Gasteiger partial charge in [-0.25, -0.2) is 4.39 Å². The number of rotatable bonds is 7. The Bertz CT molecular complexity index is 797. The van der Waals surface area contributed by atoms with E-state index in [0.29, 0.717) is 19.4 Å².